The highest BCUT2D eigenvalue weighted by Crippen LogP contribution is 2.24. The number of hydrogen-bond donors (Lipinski definition) is 1. The lowest BCUT2D eigenvalue weighted by molar-refractivity contribution is 0.204. The van der Waals surface area contributed by atoms with Crippen LogP contribution >= 0.6 is 0 Å². The lowest BCUT2D eigenvalue weighted by Gasteiger charge is -2.29. The van der Waals surface area contributed by atoms with Crippen LogP contribution in [0.15, 0.2) is 24.8 Å². The van der Waals surface area contributed by atoms with E-state index in [0.717, 1.165) is 30.8 Å². The molecule has 1 aliphatic carbocycles. The van der Waals surface area contributed by atoms with E-state index in [-0.39, 0.29) is 0 Å². The molecule has 0 fully saturated rings. The average molecular weight is 287 g/mol. The zero-order valence-electron chi connectivity index (χ0n) is 12.3. The number of anilines is 1. The van der Waals surface area contributed by atoms with E-state index in [4.69, 9.17) is 4.74 Å². The van der Waals surface area contributed by atoms with E-state index in [1.807, 2.05) is 0 Å². The number of nitrogens with one attached hydrogen (secondary N) is 1. The molecular weight excluding hydrogens is 266 g/mol. The molecule has 21 heavy (non-hydrogen) atoms. The summed E-state index contributed by atoms with van der Waals surface area (Å²) < 4.78 is 5.25. The standard InChI is InChI=1S/C15H21N5O/c1-21-8-7-20(9-12-5-3-2-4-6-12)15-13-14(17-10-16-13)18-11-19-15/h2-3,10-12H,4-9H2,1H3,(H,16,17,18,19). The van der Waals surface area contributed by atoms with Gasteiger partial charge in [-0.05, 0) is 25.2 Å². The predicted octanol–water partition coefficient (Wildman–Crippen LogP) is 2.16. The molecular formula is C15H21N5O. The summed E-state index contributed by atoms with van der Waals surface area (Å²) in [6.07, 6.45) is 11.4. The van der Waals surface area contributed by atoms with Gasteiger partial charge in [0.15, 0.2) is 11.5 Å². The Kier molecular flexibility index (Phi) is 4.45. The highest BCUT2D eigenvalue weighted by molar-refractivity contribution is 5.82. The van der Waals surface area contributed by atoms with Gasteiger partial charge in [-0.15, -0.1) is 0 Å². The van der Waals surface area contributed by atoms with Crippen molar-refractivity contribution in [2.75, 3.05) is 31.7 Å². The van der Waals surface area contributed by atoms with Crippen molar-refractivity contribution < 1.29 is 4.74 Å². The summed E-state index contributed by atoms with van der Waals surface area (Å²) in [6.45, 7) is 2.49. The maximum Gasteiger partial charge on any atom is 0.182 e. The molecule has 2 aromatic heterocycles. The van der Waals surface area contributed by atoms with Crippen molar-refractivity contribution in [3.63, 3.8) is 0 Å². The van der Waals surface area contributed by atoms with Gasteiger partial charge in [0.2, 0.25) is 0 Å². The molecule has 6 nitrogen and oxygen atoms in total. The van der Waals surface area contributed by atoms with E-state index in [2.05, 4.69) is 37.0 Å². The number of H-pyrrole nitrogens is 1. The quantitative estimate of drug-likeness (QED) is 0.825. The smallest absolute Gasteiger partial charge is 0.182 e. The molecule has 1 aliphatic rings. The number of aromatic amines is 1. The average Bonchev–Trinajstić information content (AvgIpc) is 3.01. The number of rotatable bonds is 6. The van der Waals surface area contributed by atoms with Gasteiger partial charge in [-0.3, -0.25) is 0 Å². The summed E-state index contributed by atoms with van der Waals surface area (Å²) in [7, 11) is 1.73. The van der Waals surface area contributed by atoms with E-state index < -0.39 is 0 Å². The van der Waals surface area contributed by atoms with Gasteiger partial charge >= 0.3 is 0 Å². The number of allylic oxidation sites excluding steroid dienone is 2. The van der Waals surface area contributed by atoms with Crippen LogP contribution in [0.3, 0.4) is 0 Å². The van der Waals surface area contributed by atoms with Crippen LogP contribution in [-0.4, -0.2) is 46.7 Å². The molecule has 0 bridgehead atoms. The van der Waals surface area contributed by atoms with Crippen LogP contribution in [-0.2, 0) is 4.74 Å². The number of fused-ring (bicyclic) bond motifs is 1. The van der Waals surface area contributed by atoms with Crippen molar-refractivity contribution in [1.82, 2.24) is 19.9 Å². The molecule has 0 aliphatic heterocycles. The molecule has 1 N–H and O–H groups in total. The van der Waals surface area contributed by atoms with Gasteiger partial charge in [0, 0.05) is 20.2 Å². The highest BCUT2D eigenvalue weighted by Gasteiger charge is 2.19. The van der Waals surface area contributed by atoms with Crippen LogP contribution in [0.5, 0.6) is 0 Å². The monoisotopic (exact) mass is 287 g/mol. The van der Waals surface area contributed by atoms with Crippen LogP contribution in [0.25, 0.3) is 11.2 Å². The number of aromatic nitrogens is 4. The second-order valence-electron chi connectivity index (χ2n) is 5.39. The van der Waals surface area contributed by atoms with Gasteiger partial charge in [-0.25, -0.2) is 15.0 Å². The van der Waals surface area contributed by atoms with Crippen molar-refractivity contribution in [2.24, 2.45) is 5.92 Å². The van der Waals surface area contributed by atoms with Gasteiger partial charge in [0.25, 0.3) is 0 Å². The topological polar surface area (TPSA) is 66.9 Å². The summed E-state index contributed by atoms with van der Waals surface area (Å²) in [4.78, 5) is 18.3. The van der Waals surface area contributed by atoms with Gasteiger partial charge in [-0.1, -0.05) is 12.2 Å². The van der Waals surface area contributed by atoms with Crippen LogP contribution in [0.4, 0.5) is 5.82 Å². The number of nitrogens with zero attached hydrogens (tertiary/aromatic N) is 4. The van der Waals surface area contributed by atoms with Crippen LogP contribution < -0.4 is 4.90 Å². The lowest BCUT2D eigenvalue weighted by atomic mass is 9.94. The van der Waals surface area contributed by atoms with Crippen LogP contribution in [0, 0.1) is 5.92 Å². The maximum absolute atomic E-state index is 5.25. The first-order chi connectivity index (χ1) is 10.4. The second-order valence-corrected chi connectivity index (χ2v) is 5.39. The molecule has 3 rings (SSSR count). The maximum atomic E-state index is 5.25. The van der Waals surface area contributed by atoms with Crippen LogP contribution in [0.2, 0.25) is 0 Å². The van der Waals surface area contributed by atoms with Gasteiger partial charge < -0.3 is 14.6 Å². The fourth-order valence-electron chi connectivity index (χ4n) is 2.81. The van der Waals surface area contributed by atoms with E-state index in [9.17, 15) is 0 Å². The Morgan fingerprint density at radius 1 is 1.33 bits per heavy atom. The zero-order chi connectivity index (χ0) is 14.5. The molecule has 6 heteroatoms. The number of hydrogen-bond acceptors (Lipinski definition) is 5. The summed E-state index contributed by atoms with van der Waals surface area (Å²) in [5, 5.41) is 0. The Hall–Kier alpha value is -1.95. The summed E-state index contributed by atoms with van der Waals surface area (Å²) in [5.41, 5.74) is 1.62. The van der Waals surface area contributed by atoms with Crippen molar-refractivity contribution in [1.29, 1.82) is 0 Å². The molecule has 0 saturated heterocycles. The van der Waals surface area contributed by atoms with Crippen molar-refractivity contribution in [3.05, 3.63) is 24.8 Å². The molecule has 0 saturated carbocycles. The van der Waals surface area contributed by atoms with E-state index >= 15 is 0 Å². The van der Waals surface area contributed by atoms with Gasteiger partial charge in [0.1, 0.15) is 11.8 Å². The highest BCUT2D eigenvalue weighted by atomic mass is 16.5. The molecule has 112 valence electrons. The number of methoxy groups -OCH3 is 1. The first kappa shape index (κ1) is 14.0. The third-order valence-corrected chi connectivity index (χ3v) is 3.92. The van der Waals surface area contributed by atoms with Gasteiger partial charge in [-0.2, -0.15) is 0 Å². The molecule has 0 spiro atoms. The molecule has 0 amide bonds. The molecule has 1 atom stereocenters. The molecule has 0 radical (unpaired) electrons. The number of imidazole rings is 1. The largest absolute Gasteiger partial charge is 0.383 e. The summed E-state index contributed by atoms with van der Waals surface area (Å²) >= 11 is 0. The molecule has 2 heterocycles. The fourth-order valence-corrected chi connectivity index (χ4v) is 2.81. The number of ether oxygens (including phenoxy) is 1. The first-order valence-corrected chi connectivity index (χ1v) is 7.41. The Balaban J connectivity index is 1.83. The Morgan fingerprint density at radius 2 is 2.29 bits per heavy atom. The Morgan fingerprint density at radius 3 is 3.10 bits per heavy atom. The Labute approximate surface area is 124 Å². The SMILES string of the molecule is COCCN(CC1CC=CCC1)c1ncnc2nc[nH]c12. The van der Waals surface area contributed by atoms with Crippen molar-refractivity contribution in [2.45, 2.75) is 19.3 Å². The minimum atomic E-state index is 0.666. The van der Waals surface area contributed by atoms with Gasteiger partial charge in [0.05, 0.1) is 12.9 Å². The second kappa shape index (κ2) is 6.67. The zero-order valence-corrected chi connectivity index (χ0v) is 12.3. The molecule has 2 aromatic rings. The van der Waals surface area contributed by atoms with E-state index in [0.29, 0.717) is 18.2 Å². The minimum Gasteiger partial charge on any atom is -0.383 e. The van der Waals surface area contributed by atoms with Crippen molar-refractivity contribution in [3.8, 4) is 0 Å². The first-order valence-electron chi connectivity index (χ1n) is 7.41. The predicted molar refractivity (Wildman–Crippen MR) is 82.3 cm³/mol. The van der Waals surface area contributed by atoms with E-state index in [1.54, 1.807) is 19.8 Å². The lowest BCUT2D eigenvalue weighted by Crippen LogP contribution is -2.33. The summed E-state index contributed by atoms with van der Waals surface area (Å²) in [6, 6.07) is 0. The fraction of sp³-hybridized carbons (Fsp3) is 0.533. The van der Waals surface area contributed by atoms with E-state index in [1.165, 1.54) is 12.8 Å². The third-order valence-electron chi connectivity index (χ3n) is 3.92. The molecule has 0 aromatic carbocycles. The van der Waals surface area contributed by atoms with Crippen molar-refractivity contribution >= 4 is 17.0 Å². The summed E-state index contributed by atoms with van der Waals surface area (Å²) in [5.74, 6) is 1.59. The minimum absolute atomic E-state index is 0.666. The third kappa shape index (κ3) is 3.21. The normalized spacial score (nSPS) is 18.2. The van der Waals surface area contributed by atoms with Crippen LogP contribution in [0.1, 0.15) is 19.3 Å². The Bertz CT molecular complexity index is 609. The molecule has 1 unspecified atom stereocenters.